The summed E-state index contributed by atoms with van der Waals surface area (Å²) in [6.45, 7) is 2.31. The molecule has 1 aliphatic carbocycles. The quantitative estimate of drug-likeness (QED) is 0.425. The Kier molecular flexibility index (Phi) is 7.78. The molecule has 3 aliphatic rings. The van der Waals surface area contributed by atoms with Gasteiger partial charge < -0.3 is 15.7 Å². The SMILES string of the molecule is CNC(=O)C1NNC2CC(N3CCCC(C(=O)NCCC(O)c4ccccc4)C3)CCC21. The Morgan fingerprint density at radius 2 is 1.97 bits per heavy atom. The predicted molar refractivity (Wildman–Crippen MR) is 122 cm³/mol. The molecule has 0 aromatic heterocycles. The second kappa shape index (κ2) is 10.7. The summed E-state index contributed by atoms with van der Waals surface area (Å²) in [6.07, 6.45) is 4.99. The Morgan fingerprint density at radius 3 is 2.75 bits per heavy atom. The average molecular weight is 444 g/mol. The van der Waals surface area contributed by atoms with Crippen molar-refractivity contribution in [2.75, 3.05) is 26.7 Å². The fourth-order valence-electron chi connectivity index (χ4n) is 5.66. The van der Waals surface area contributed by atoms with Crippen LogP contribution in [0, 0.1) is 11.8 Å². The van der Waals surface area contributed by atoms with Gasteiger partial charge in [-0.2, -0.15) is 0 Å². The average Bonchev–Trinajstić information content (AvgIpc) is 3.27. The number of amides is 2. The number of likely N-dealkylation sites (tertiary alicyclic amines) is 1. The van der Waals surface area contributed by atoms with Crippen molar-refractivity contribution in [1.29, 1.82) is 0 Å². The van der Waals surface area contributed by atoms with Crippen molar-refractivity contribution in [3.8, 4) is 0 Å². The van der Waals surface area contributed by atoms with Crippen molar-refractivity contribution in [3.63, 3.8) is 0 Å². The third kappa shape index (κ3) is 5.31. The smallest absolute Gasteiger partial charge is 0.238 e. The number of fused-ring (bicyclic) bond motifs is 1. The Morgan fingerprint density at radius 1 is 1.16 bits per heavy atom. The third-order valence-corrected chi connectivity index (χ3v) is 7.50. The van der Waals surface area contributed by atoms with Crippen LogP contribution in [0.3, 0.4) is 0 Å². The van der Waals surface area contributed by atoms with E-state index in [2.05, 4.69) is 26.4 Å². The van der Waals surface area contributed by atoms with Crippen molar-refractivity contribution in [2.24, 2.45) is 11.8 Å². The number of rotatable bonds is 7. The molecule has 6 unspecified atom stereocenters. The van der Waals surface area contributed by atoms with Crippen molar-refractivity contribution < 1.29 is 14.7 Å². The van der Waals surface area contributed by atoms with E-state index in [9.17, 15) is 14.7 Å². The number of carbonyl (C=O) groups excluding carboxylic acids is 2. The van der Waals surface area contributed by atoms with E-state index in [0.29, 0.717) is 31.0 Å². The molecule has 2 saturated heterocycles. The van der Waals surface area contributed by atoms with Crippen LogP contribution in [0.15, 0.2) is 30.3 Å². The molecule has 176 valence electrons. The molecule has 3 fully saturated rings. The number of likely N-dealkylation sites (N-methyl/N-ethyl adjacent to an activating group) is 1. The van der Waals surface area contributed by atoms with Gasteiger partial charge >= 0.3 is 0 Å². The summed E-state index contributed by atoms with van der Waals surface area (Å²) in [5.41, 5.74) is 7.40. The van der Waals surface area contributed by atoms with Gasteiger partial charge in [-0.15, -0.1) is 0 Å². The molecular weight excluding hydrogens is 406 g/mol. The highest BCUT2D eigenvalue weighted by atomic mass is 16.3. The lowest BCUT2D eigenvalue weighted by atomic mass is 9.78. The molecule has 1 aromatic rings. The molecule has 4 rings (SSSR count). The molecular formula is C24H37N5O3. The Labute approximate surface area is 190 Å². The van der Waals surface area contributed by atoms with Gasteiger partial charge in [-0.1, -0.05) is 30.3 Å². The van der Waals surface area contributed by atoms with E-state index in [1.807, 2.05) is 30.3 Å². The van der Waals surface area contributed by atoms with Crippen LogP contribution in [0.5, 0.6) is 0 Å². The van der Waals surface area contributed by atoms with Crippen LogP contribution < -0.4 is 21.5 Å². The van der Waals surface area contributed by atoms with Gasteiger partial charge in [0.1, 0.15) is 6.04 Å². The predicted octanol–water partition coefficient (Wildman–Crippen LogP) is 0.698. The zero-order valence-electron chi connectivity index (χ0n) is 18.9. The fraction of sp³-hybridized carbons (Fsp3) is 0.667. The standard InChI is InChI=1S/C24H37N5O3/c1-25-24(32)22-19-10-9-18(14-20(19)27-28-22)29-13-5-8-17(15-29)23(31)26-12-11-21(30)16-6-3-2-4-7-16/h2-4,6-7,17-22,27-28,30H,5,8-15H2,1H3,(H,25,32)(H,26,31). The third-order valence-electron chi connectivity index (χ3n) is 7.50. The molecule has 0 radical (unpaired) electrons. The first-order valence-electron chi connectivity index (χ1n) is 12.0. The van der Waals surface area contributed by atoms with E-state index in [0.717, 1.165) is 50.8 Å². The van der Waals surface area contributed by atoms with Crippen molar-refractivity contribution in [2.45, 2.75) is 62.8 Å². The molecule has 8 heteroatoms. The minimum absolute atomic E-state index is 0.00335. The first-order chi connectivity index (χ1) is 15.6. The molecule has 0 spiro atoms. The van der Waals surface area contributed by atoms with Gasteiger partial charge in [0.15, 0.2) is 0 Å². The number of aliphatic hydroxyl groups is 1. The largest absolute Gasteiger partial charge is 0.388 e. The molecule has 8 nitrogen and oxygen atoms in total. The Hall–Kier alpha value is -2.00. The number of hydrogen-bond donors (Lipinski definition) is 5. The van der Waals surface area contributed by atoms with Gasteiger partial charge in [0.2, 0.25) is 11.8 Å². The van der Waals surface area contributed by atoms with Crippen molar-refractivity contribution in [1.82, 2.24) is 26.4 Å². The number of hydrazine groups is 1. The summed E-state index contributed by atoms with van der Waals surface area (Å²) in [4.78, 5) is 27.4. The summed E-state index contributed by atoms with van der Waals surface area (Å²) in [6, 6.07) is 10.2. The van der Waals surface area contributed by atoms with Gasteiger partial charge in [-0.25, -0.2) is 5.43 Å². The zero-order valence-corrected chi connectivity index (χ0v) is 18.9. The highest BCUT2D eigenvalue weighted by molar-refractivity contribution is 5.82. The van der Waals surface area contributed by atoms with E-state index in [4.69, 9.17) is 0 Å². The van der Waals surface area contributed by atoms with Crippen LogP contribution in [0.4, 0.5) is 0 Å². The van der Waals surface area contributed by atoms with Gasteiger partial charge in [0.25, 0.3) is 0 Å². The van der Waals surface area contributed by atoms with Crippen LogP contribution in [0.2, 0.25) is 0 Å². The highest BCUT2D eigenvalue weighted by Crippen LogP contribution is 2.34. The second-order valence-electron chi connectivity index (χ2n) is 9.46. The number of aliphatic hydroxyl groups excluding tert-OH is 1. The normalized spacial score (nSPS) is 31.5. The van der Waals surface area contributed by atoms with Crippen LogP contribution in [0.25, 0.3) is 0 Å². The minimum Gasteiger partial charge on any atom is -0.388 e. The molecule has 1 saturated carbocycles. The van der Waals surface area contributed by atoms with E-state index in [1.165, 1.54) is 0 Å². The Bertz CT molecular complexity index is 776. The fourth-order valence-corrected chi connectivity index (χ4v) is 5.66. The topological polar surface area (TPSA) is 106 Å². The molecule has 5 N–H and O–H groups in total. The number of nitrogens with zero attached hydrogens (tertiary/aromatic N) is 1. The number of hydrogen-bond acceptors (Lipinski definition) is 6. The summed E-state index contributed by atoms with van der Waals surface area (Å²) < 4.78 is 0. The first-order valence-corrected chi connectivity index (χ1v) is 12.0. The van der Waals surface area contributed by atoms with Gasteiger partial charge in [-0.3, -0.25) is 19.9 Å². The first kappa shape index (κ1) is 23.2. The summed E-state index contributed by atoms with van der Waals surface area (Å²) in [5.74, 6) is 0.481. The maximum Gasteiger partial charge on any atom is 0.238 e. The van der Waals surface area contributed by atoms with Crippen molar-refractivity contribution in [3.05, 3.63) is 35.9 Å². The van der Waals surface area contributed by atoms with Crippen LogP contribution in [-0.4, -0.2) is 66.6 Å². The molecule has 6 atom stereocenters. The van der Waals surface area contributed by atoms with Gasteiger partial charge in [0, 0.05) is 38.1 Å². The van der Waals surface area contributed by atoms with Crippen LogP contribution in [-0.2, 0) is 9.59 Å². The number of benzene rings is 1. The zero-order chi connectivity index (χ0) is 22.5. The lowest BCUT2D eigenvalue weighted by Gasteiger charge is -2.42. The second-order valence-corrected chi connectivity index (χ2v) is 9.46. The highest BCUT2D eigenvalue weighted by Gasteiger charge is 2.44. The molecule has 2 aliphatic heterocycles. The van der Waals surface area contributed by atoms with Crippen molar-refractivity contribution >= 4 is 11.8 Å². The monoisotopic (exact) mass is 443 g/mol. The summed E-state index contributed by atoms with van der Waals surface area (Å²) in [5, 5.41) is 16.1. The molecule has 2 heterocycles. The van der Waals surface area contributed by atoms with E-state index in [1.54, 1.807) is 7.05 Å². The molecule has 1 aromatic carbocycles. The number of carbonyl (C=O) groups is 2. The Balaban J connectivity index is 1.23. The summed E-state index contributed by atoms with van der Waals surface area (Å²) in [7, 11) is 1.68. The number of piperidine rings is 1. The van der Waals surface area contributed by atoms with Crippen LogP contribution in [0.1, 0.15) is 50.2 Å². The number of nitrogens with one attached hydrogen (secondary N) is 4. The maximum atomic E-state index is 12.8. The minimum atomic E-state index is -0.555. The molecule has 2 amide bonds. The summed E-state index contributed by atoms with van der Waals surface area (Å²) >= 11 is 0. The van der Waals surface area contributed by atoms with E-state index >= 15 is 0 Å². The van der Waals surface area contributed by atoms with Gasteiger partial charge in [0.05, 0.1) is 12.0 Å². The lowest BCUT2D eigenvalue weighted by Crippen LogP contribution is -2.51. The van der Waals surface area contributed by atoms with Gasteiger partial charge in [-0.05, 0) is 50.6 Å². The lowest BCUT2D eigenvalue weighted by molar-refractivity contribution is -0.127. The molecule has 32 heavy (non-hydrogen) atoms. The van der Waals surface area contributed by atoms with E-state index < -0.39 is 6.10 Å². The molecule has 0 bridgehead atoms. The maximum absolute atomic E-state index is 12.8. The van der Waals surface area contributed by atoms with E-state index in [-0.39, 0.29) is 23.8 Å². The van der Waals surface area contributed by atoms with Crippen LogP contribution >= 0.6 is 0 Å².